The van der Waals surface area contributed by atoms with Gasteiger partial charge in [-0.25, -0.2) is 0 Å². The highest BCUT2D eigenvalue weighted by Crippen LogP contribution is 2.31. The van der Waals surface area contributed by atoms with Crippen LogP contribution in [0.5, 0.6) is 5.75 Å². The van der Waals surface area contributed by atoms with Gasteiger partial charge in [-0.2, -0.15) is 0 Å². The highest BCUT2D eigenvalue weighted by Gasteiger charge is 2.25. The normalized spacial score (nSPS) is 22.6. The summed E-state index contributed by atoms with van der Waals surface area (Å²) in [4.78, 5) is 0. The summed E-state index contributed by atoms with van der Waals surface area (Å²) in [6.45, 7) is 2.16. The van der Waals surface area contributed by atoms with Crippen LogP contribution in [0.1, 0.15) is 24.8 Å². The van der Waals surface area contributed by atoms with Gasteiger partial charge in [-0.15, -0.1) is 11.6 Å². The first-order chi connectivity index (χ1) is 9.33. The van der Waals surface area contributed by atoms with Gasteiger partial charge in [0.2, 0.25) is 0 Å². The molecule has 2 atom stereocenters. The molecule has 106 valence electrons. The molecule has 0 aliphatic heterocycles. The first-order valence-corrected chi connectivity index (χ1v) is 7.76. The lowest BCUT2D eigenvalue weighted by Crippen LogP contribution is -2.27. The van der Waals surface area contributed by atoms with Crippen LogP contribution in [-0.4, -0.2) is 26.1 Å². The Hall–Kier alpha value is -0.730. The SMILES string of the molecule is COc1ccc(CCNCC2CCCC2CCl)cc1. The lowest BCUT2D eigenvalue weighted by atomic mass is 9.98. The van der Waals surface area contributed by atoms with Crippen molar-refractivity contribution >= 4 is 11.6 Å². The highest BCUT2D eigenvalue weighted by molar-refractivity contribution is 6.18. The Labute approximate surface area is 121 Å². The molecule has 0 spiro atoms. The van der Waals surface area contributed by atoms with Crippen LogP contribution in [0.4, 0.5) is 0 Å². The van der Waals surface area contributed by atoms with Gasteiger partial charge >= 0.3 is 0 Å². The number of rotatable bonds is 7. The molecule has 2 unspecified atom stereocenters. The number of hydrogen-bond acceptors (Lipinski definition) is 2. The molecule has 1 aliphatic carbocycles. The molecule has 2 nitrogen and oxygen atoms in total. The summed E-state index contributed by atoms with van der Waals surface area (Å²) >= 11 is 6.00. The van der Waals surface area contributed by atoms with Crippen LogP contribution in [0.3, 0.4) is 0 Å². The molecule has 0 aromatic heterocycles. The van der Waals surface area contributed by atoms with Gasteiger partial charge in [0.25, 0.3) is 0 Å². The van der Waals surface area contributed by atoms with Crippen LogP contribution >= 0.6 is 11.6 Å². The fourth-order valence-corrected chi connectivity index (χ4v) is 3.30. The molecule has 0 heterocycles. The maximum absolute atomic E-state index is 6.00. The molecule has 0 saturated heterocycles. The zero-order chi connectivity index (χ0) is 13.5. The average Bonchev–Trinajstić information content (AvgIpc) is 2.91. The van der Waals surface area contributed by atoms with Gasteiger partial charge in [-0.1, -0.05) is 18.6 Å². The van der Waals surface area contributed by atoms with Crippen molar-refractivity contribution in [1.29, 1.82) is 0 Å². The number of nitrogens with one attached hydrogen (secondary N) is 1. The molecule has 1 aromatic rings. The van der Waals surface area contributed by atoms with E-state index >= 15 is 0 Å². The molecule has 1 aliphatic rings. The van der Waals surface area contributed by atoms with Crippen molar-refractivity contribution in [2.75, 3.05) is 26.1 Å². The summed E-state index contributed by atoms with van der Waals surface area (Å²) in [5, 5.41) is 3.58. The third-order valence-corrected chi connectivity index (χ3v) is 4.57. The van der Waals surface area contributed by atoms with E-state index in [-0.39, 0.29) is 0 Å². The van der Waals surface area contributed by atoms with Crippen LogP contribution in [-0.2, 0) is 6.42 Å². The first-order valence-electron chi connectivity index (χ1n) is 7.23. The molecule has 1 aromatic carbocycles. The van der Waals surface area contributed by atoms with E-state index in [4.69, 9.17) is 16.3 Å². The van der Waals surface area contributed by atoms with Crippen LogP contribution < -0.4 is 10.1 Å². The van der Waals surface area contributed by atoms with Gasteiger partial charge in [0.15, 0.2) is 0 Å². The van der Waals surface area contributed by atoms with Crippen molar-refractivity contribution in [3.8, 4) is 5.75 Å². The fraction of sp³-hybridized carbons (Fsp3) is 0.625. The summed E-state index contributed by atoms with van der Waals surface area (Å²) in [5.41, 5.74) is 1.36. The Morgan fingerprint density at radius 3 is 2.63 bits per heavy atom. The van der Waals surface area contributed by atoms with Crippen molar-refractivity contribution in [1.82, 2.24) is 5.32 Å². The minimum absolute atomic E-state index is 0.732. The Balaban J connectivity index is 1.66. The predicted molar refractivity (Wildman–Crippen MR) is 81.1 cm³/mol. The summed E-state index contributed by atoms with van der Waals surface area (Å²) in [6.07, 6.45) is 5.08. The fourth-order valence-electron chi connectivity index (χ4n) is 2.90. The predicted octanol–water partition coefficient (Wildman–Crippen LogP) is 3.48. The smallest absolute Gasteiger partial charge is 0.118 e. The largest absolute Gasteiger partial charge is 0.497 e. The van der Waals surface area contributed by atoms with E-state index in [2.05, 4.69) is 17.4 Å². The standard InChI is InChI=1S/C16H24ClNO/c1-19-16-7-5-13(6-8-16)9-10-18-12-15-4-2-3-14(15)11-17/h5-8,14-15,18H,2-4,9-12H2,1H3. The maximum atomic E-state index is 6.00. The number of benzene rings is 1. The van der Waals surface area contributed by atoms with E-state index in [1.807, 2.05) is 12.1 Å². The van der Waals surface area contributed by atoms with Gasteiger partial charge < -0.3 is 10.1 Å². The van der Waals surface area contributed by atoms with Gasteiger partial charge in [0, 0.05) is 5.88 Å². The number of ether oxygens (including phenoxy) is 1. The van der Waals surface area contributed by atoms with E-state index in [1.165, 1.54) is 24.8 Å². The molecule has 2 rings (SSSR count). The Bertz CT molecular complexity index is 366. The maximum Gasteiger partial charge on any atom is 0.118 e. The summed E-state index contributed by atoms with van der Waals surface area (Å²) < 4.78 is 5.16. The second kappa shape index (κ2) is 7.76. The van der Waals surface area contributed by atoms with E-state index < -0.39 is 0 Å². The molecule has 19 heavy (non-hydrogen) atoms. The summed E-state index contributed by atoms with van der Waals surface area (Å²) in [6, 6.07) is 8.32. The molecular weight excluding hydrogens is 258 g/mol. The molecule has 1 saturated carbocycles. The van der Waals surface area contributed by atoms with Gasteiger partial charge in [-0.05, 0) is 61.9 Å². The van der Waals surface area contributed by atoms with E-state index in [0.29, 0.717) is 0 Å². The molecule has 0 amide bonds. The first kappa shape index (κ1) is 14.7. The van der Waals surface area contributed by atoms with Gasteiger partial charge in [-0.3, -0.25) is 0 Å². The van der Waals surface area contributed by atoms with Crippen LogP contribution in [0, 0.1) is 11.8 Å². The molecule has 0 radical (unpaired) electrons. The number of alkyl halides is 1. The van der Waals surface area contributed by atoms with Crippen LogP contribution in [0.15, 0.2) is 24.3 Å². The van der Waals surface area contributed by atoms with Crippen LogP contribution in [0.2, 0.25) is 0 Å². The second-order valence-corrected chi connectivity index (χ2v) is 5.72. The third-order valence-electron chi connectivity index (χ3n) is 4.17. The topological polar surface area (TPSA) is 21.3 Å². The Morgan fingerprint density at radius 1 is 1.21 bits per heavy atom. The van der Waals surface area contributed by atoms with Crippen molar-refractivity contribution in [2.24, 2.45) is 11.8 Å². The van der Waals surface area contributed by atoms with Crippen LogP contribution in [0.25, 0.3) is 0 Å². The second-order valence-electron chi connectivity index (χ2n) is 5.41. The van der Waals surface area contributed by atoms with Gasteiger partial charge in [0.05, 0.1) is 7.11 Å². The Kier molecular flexibility index (Phi) is 5.99. The average molecular weight is 282 g/mol. The van der Waals surface area contributed by atoms with E-state index in [9.17, 15) is 0 Å². The number of hydrogen-bond donors (Lipinski definition) is 1. The van der Waals surface area contributed by atoms with Crippen molar-refractivity contribution in [3.05, 3.63) is 29.8 Å². The third kappa shape index (κ3) is 4.39. The monoisotopic (exact) mass is 281 g/mol. The number of halogens is 1. The van der Waals surface area contributed by atoms with Crippen molar-refractivity contribution in [3.63, 3.8) is 0 Å². The minimum atomic E-state index is 0.732. The van der Waals surface area contributed by atoms with E-state index in [0.717, 1.165) is 43.0 Å². The molecule has 0 bridgehead atoms. The molecule has 1 fully saturated rings. The molecular formula is C16H24ClNO. The number of methoxy groups -OCH3 is 1. The molecule has 1 N–H and O–H groups in total. The minimum Gasteiger partial charge on any atom is -0.497 e. The summed E-state index contributed by atoms with van der Waals surface area (Å²) in [7, 11) is 1.70. The lowest BCUT2D eigenvalue weighted by molar-refractivity contribution is 0.397. The zero-order valence-corrected chi connectivity index (χ0v) is 12.5. The zero-order valence-electron chi connectivity index (χ0n) is 11.7. The lowest BCUT2D eigenvalue weighted by Gasteiger charge is -2.17. The van der Waals surface area contributed by atoms with Crippen molar-refractivity contribution in [2.45, 2.75) is 25.7 Å². The van der Waals surface area contributed by atoms with Crippen molar-refractivity contribution < 1.29 is 4.74 Å². The Morgan fingerprint density at radius 2 is 1.95 bits per heavy atom. The molecule has 3 heteroatoms. The van der Waals surface area contributed by atoms with E-state index in [1.54, 1.807) is 7.11 Å². The van der Waals surface area contributed by atoms with Gasteiger partial charge in [0.1, 0.15) is 5.75 Å². The quantitative estimate of drug-likeness (QED) is 0.610. The highest BCUT2D eigenvalue weighted by atomic mass is 35.5. The summed E-state index contributed by atoms with van der Waals surface area (Å²) in [5.74, 6) is 3.27.